The number of nitroso groups, excluding NO2 is 1. The molecule has 274 valence electrons. The monoisotopic (exact) mass is 753 g/mol. The summed E-state index contributed by atoms with van der Waals surface area (Å²) in [5.41, 5.74) is 8.02. The van der Waals surface area contributed by atoms with E-state index in [9.17, 15) is 9.70 Å². The number of carbonyl (C=O) groups excluding carboxylic acids is 1. The SMILES string of the molecule is Cc1c(COc2cc(OCc3cncc(N=O)c3)c(CN3CCCCC3)cc2Cl)cccc1-c1cccc(NC(=O)c2nc3c(n2C)CCNC3)c1Cl. The number of carbonyl (C=O) groups is 1. The van der Waals surface area contributed by atoms with Crippen LogP contribution in [0.3, 0.4) is 0 Å². The number of piperidine rings is 1. The summed E-state index contributed by atoms with van der Waals surface area (Å²) in [4.78, 5) is 35.6. The molecule has 0 saturated carbocycles. The third-order valence-electron chi connectivity index (χ3n) is 9.93. The standard InChI is InChI=1S/C40H41Cl2N7O4/c1-25-27(8-6-9-30(25)31-10-7-11-33(38(31)42)46-40(50)39-45-34-21-43-13-12-35(34)48(39)2)24-53-37-18-36(52-23-26-16-29(47-51)20-44-19-26)28(17-32(37)41)22-49-14-4-3-5-15-49/h6-11,16-20,43H,3-5,12-15,21-24H2,1-2H3,(H,46,50). The van der Waals surface area contributed by atoms with Gasteiger partial charge in [0.15, 0.2) is 5.82 Å². The summed E-state index contributed by atoms with van der Waals surface area (Å²) in [5.74, 6) is 1.18. The number of fused-ring (bicyclic) bond motifs is 1. The molecule has 1 saturated heterocycles. The highest BCUT2D eigenvalue weighted by Crippen LogP contribution is 2.38. The van der Waals surface area contributed by atoms with E-state index in [1.54, 1.807) is 18.3 Å². The van der Waals surface area contributed by atoms with E-state index in [0.29, 0.717) is 46.1 Å². The zero-order chi connectivity index (χ0) is 36.9. The molecule has 4 heterocycles. The highest BCUT2D eigenvalue weighted by atomic mass is 35.5. The van der Waals surface area contributed by atoms with Crippen molar-refractivity contribution in [3.63, 3.8) is 0 Å². The van der Waals surface area contributed by atoms with Crippen LogP contribution in [0.15, 0.2) is 72.2 Å². The molecule has 0 bridgehead atoms. The van der Waals surface area contributed by atoms with Crippen LogP contribution in [0, 0.1) is 11.8 Å². The van der Waals surface area contributed by atoms with Crippen LogP contribution in [0.5, 0.6) is 11.5 Å². The highest BCUT2D eigenvalue weighted by molar-refractivity contribution is 6.36. The topological polar surface area (TPSA) is 123 Å². The fourth-order valence-electron chi connectivity index (χ4n) is 7.03. The predicted molar refractivity (Wildman–Crippen MR) is 207 cm³/mol. The van der Waals surface area contributed by atoms with Gasteiger partial charge in [0, 0.05) is 67.8 Å². The number of hydrogen-bond acceptors (Lipinski definition) is 9. The van der Waals surface area contributed by atoms with Crippen molar-refractivity contribution in [3.8, 4) is 22.6 Å². The molecule has 0 unspecified atom stereocenters. The molecular formula is C40H41Cl2N7O4. The maximum Gasteiger partial charge on any atom is 0.291 e. The number of aromatic nitrogens is 3. The lowest BCUT2D eigenvalue weighted by Gasteiger charge is -2.27. The Morgan fingerprint density at radius 2 is 1.75 bits per heavy atom. The molecule has 0 atom stereocenters. The number of imidazole rings is 1. The molecule has 5 aromatic rings. The number of rotatable bonds is 12. The van der Waals surface area contributed by atoms with Crippen LogP contribution in [0.1, 0.15) is 63.5 Å². The molecule has 13 heteroatoms. The van der Waals surface area contributed by atoms with Gasteiger partial charge in [0.2, 0.25) is 0 Å². The lowest BCUT2D eigenvalue weighted by molar-refractivity contribution is 0.101. The maximum atomic E-state index is 13.4. The van der Waals surface area contributed by atoms with E-state index in [-0.39, 0.29) is 24.8 Å². The first-order chi connectivity index (χ1) is 25.8. The van der Waals surface area contributed by atoms with E-state index >= 15 is 0 Å². The molecule has 2 aromatic heterocycles. The van der Waals surface area contributed by atoms with Gasteiger partial charge in [-0.05, 0) is 72.9 Å². The van der Waals surface area contributed by atoms with E-state index < -0.39 is 0 Å². The number of nitrogens with one attached hydrogen (secondary N) is 2. The van der Waals surface area contributed by atoms with Gasteiger partial charge < -0.3 is 24.7 Å². The van der Waals surface area contributed by atoms with E-state index in [0.717, 1.165) is 83.7 Å². The van der Waals surface area contributed by atoms with Crippen molar-refractivity contribution in [1.29, 1.82) is 0 Å². The summed E-state index contributed by atoms with van der Waals surface area (Å²) in [7, 11) is 1.87. The molecule has 3 aromatic carbocycles. The van der Waals surface area contributed by atoms with Gasteiger partial charge in [-0.25, -0.2) is 4.98 Å². The minimum atomic E-state index is -0.315. The third kappa shape index (κ3) is 8.23. The Hall–Kier alpha value is -4.81. The smallest absolute Gasteiger partial charge is 0.291 e. The fraction of sp³-hybridized carbons (Fsp3) is 0.325. The second kappa shape index (κ2) is 16.5. The van der Waals surface area contributed by atoms with Crippen molar-refractivity contribution in [2.45, 2.75) is 58.9 Å². The number of halogens is 2. The number of anilines is 1. The van der Waals surface area contributed by atoms with Gasteiger partial charge in [0.1, 0.15) is 30.4 Å². The Morgan fingerprint density at radius 3 is 2.57 bits per heavy atom. The summed E-state index contributed by atoms with van der Waals surface area (Å²) in [6.07, 6.45) is 7.45. The Balaban J connectivity index is 1.10. The lowest BCUT2D eigenvalue weighted by atomic mass is 9.96. The normalized spacial score (nSPS) is 14.4. The van der Waals surface area contributed by atoms with Crippen LogP contribution in [-0.2, 0) is 39.8 Å². The van der Waals surface area contributed by atoms with Crippen LogP contribution in [0.4, 0.5) is 11.4 Å². The zero-order valence-corrected chi connectivity index (χ0v) is 31.3. The number of amides is 1. The van der Waals surface area contributed by atoms with Crippen LogP contribution in [0.2, 0.25) is 10.0 Å². The molecule has 1 amide bonds. The first kappa shape index (κ1) is 36.5. The molecule has 2 aliphatic rings. The van der Waals surface area contributed by atoms with Gasteiger partial charge >= 0.3 is 0 Å². The third-order valence-corrected chi connectivity index (χ3v) is 10.6. The molecule has 0 aliphatic carbocycles. The quantitative estimate of drug-likeness (QED) is 0.122. The first-order valence-electron chi connectivity index (χ1n) is 17.8. The van der Waals surface area contributed by atoms with Crippen molar-refractivity contribution in [3.05, 3.63) is 121 Å². The average Bonchev–Trinajstić information content (AvgIpc) is 3.52. The van der Waals surface area contributed by atoms with Crippen LogP contribution in [0.25, 0.3) is 11.1 Å². The maximum absolute atomic E-state index is 13.4. The minimum absolute atomic E-state index is 0.202. The molecule has 1 fully saturated rings. The van der Waals surface area contributed by atoms with Crippen molar-refractivity contribution >= 4 is 40.5 Å². The second-order valence-electron chi connectivity index (χ2n) is 13.5. The van der Waals surface area contributed by atoms with Crippen molar-refractivity contribution in [1.82, 2.24) is 24.8 Å². The molecule has 2 N–H and O–H groups in total. The van der Waals surface area contributed by atoms with Crippen molar-refractivity contribution < 1.29 is 14.3 Å². The summed E-state index contributed by atoms with van der Waals surface area (Å²) >= 11 is 13.8. The number of pyridine rings is 1. The molecule has 11 nitrogen and oxygen atoms in total. The van der Waals surface area contributed by atoms with E-state index in [2.05, 4.69) is 30.7 Å². The van der Waals surface area contributed by atoms with Crippen LogP contribution >= 0.6 is 23.2 Å². The molecule has 0 radical (unpaired) electrons. The molecule has 2 aliphatic heterocycles. The fourth-order valence-corrected chi connectivity index (χ4v) is 7.54. The van der Waals surface area contributed by atoms with Gasteiger partial charge in [-0.15, -0.1) is 4.91 Å². The molecule has 7 rings (SSSR count). The largest absolute Gasteiger partial charge is 0.488 e. The van der Waals surface area contributed by atoms with Crippen molar-refractivity contribution in [2.75, 3.05) is 25.0 Å². The Morgan fingerprint density at radius 1 is 0.962 bits per heavy atom. The van der Waals surface area contributed by atoms with Gasteiger partial charge in [0.25, 0.3) is 5.91 Å². The van der Waals surface area contributed by atoms with Gasteiger partial charge in [-0.1, -0.05) is 60.0 Å². The number of ether oxygens (including phenoxy) is 2. The lowest BCUT2D eigenvalue weighted by Crippen LogP contribution is -2.29. The number of likely N-dealkylation sites (tertiary alicyclic amines) is 1. The number of nitrogens with zero attached hydrogens (tertiary/aromatic N) is 5. The zero-order valence-electron chi connectivity index (χ0n) is 29.8. The van der Waals surface area contributed by atoms with E-state index in [1.807, 2.05) is 61.0 Å². The molecule has 53 heavy (non-hydrogen) atoms. The second-order valence-corrected chi connectivity index (χ2v) is 14.3. The van der Waals surface area contributed by atoms with Crippen molar-refractivity contribution in [2.24, 2.45) is 12.2 Å². The first-order valence-corrected chi connectivity index (χ1v) is 18.6. The predicted octanol–water partition coefficient (Wildman–Crippen LogP) is 8.54. The van der Waals surface area contributed by atoms with Gasteiger partial charge in [0.05, 0.1) is 27.6 Å². The summed E-state index contributed by atoms with van der Waals surface area (Å²) in [5, 5.41) is 10.2. The van der Waals surface area contributed by atoms with E-state index in [4.69, 9.17) is 32.7 Å². The minimum Gasteiger partial charge on any atom is -0.488 e. The summed E-state index contributed by atoms with van der Waals surface area (Å²) in [6, 6.07) is 17.0. The Labute approximate surface area is 318 Å². The van der Waals surface area contributed by atoms with Gasteiger partial charge in [-0.2, -0.15) is 0 Å². The molecular weight excluding hydrogens is 713 g/mol. The highest BCUT2D eigenvalue weighted by Gasteiger charge is 2.23. The van der Waals surface area contributed by atoms with Crippen LogP contribution in [-0.4, -0.2) is 45.0 Å². The average molecular weight is 755 g/mol. The Kier molecular flexibility index (Phi) is 11.4. The van der Waals surface area contributed by atoms with Gasteiger partial charge in [-0.3, -0.25) is 14.7 Å². The van der Waals surface area contributed by atoms with E-state index in [1.165, 1.54) is 12.6 Å². The summed E-state index contributed by atoms with van der Waals surface area (Å²) < 4.78 is 14.6. The number of hydrogen-bond donors (Lipinski definition) is 2. The Bertz CT molecular complexity index is 2150. The number of benzene rings is 3. The molecule has 0 spiro atoms. The summed E-state index contributed by atoms with van der Waals surface area (Å²) in [6.45, 7) is 6.71. The van der Waals surface area contributed by atoms with Crippen LogP contribution < -0.4 is 20.1 Å².